The summed E-state index contributed by atoms with van der Waals surface area (Å²) in [5.74, 6) is -1.88. The lowest BCUT2D eigenvalue weighted by Gasteiger charge is -2.17. The summed E-state index contributed by atoms with van der Waals surface area (Å²) < 4.78 is 43.7. The first-order valence-electron chi connectivity index (χ1n) is 13.2. The first-order valence-corrected chi connectivity index (χ1v) is 13.2. The molecule has 16 heteroatoms. The highest BCUT2D eigenvalue weighted by Gasteiger charge is 2.35. The molecule has 43 heavy (non-hydrogen) atoms. The number of rotatable bonds is 13. The Morgan fingerprint density at radius 3 is 2.42 bits per heavy atom. The van der Waals surface area contributed by atoms with E-state index in [1.54, 1.807) is 12.5 Å². The number of alkyl halides is 3. The van der Waals surface area contributed by atoms with Gasteiger partial charge in [0.2, 0.25) is 11.8 Å². The maximum Gasteiger partial charge on any atom is 0.418 e. The zero-order valence-corrected chi connectivity index (χ0v) is 22.7. The van der Waals surface area contributed by atoms with Crippen LogP contribution in [0.15, 0.2) is 52.7 Å². The van der Waals surface area contributed by atoms with Crippen molar-refractivity contribution in [1.29, 1.82) is 0 Å². The van der Waals surface area contributed by atoms with Crippen LogP contribution in [0.4, 0.5) is 13.2 Å². The highest BCUT2D eigenvalue weighted by Crippen LogP contribution is 2.36. The second-order valence-corrected chi connectivity index (χ2v) is 9.71. The molecule has 0 bridgehead atoms. The number of fused-ring (bicyclic) bond motifs is 1. The van der Waals surface area contributed by atoms with E-state index in [0.29, 0.717) is 42.0 Å². The van der Waals surface area contributed by atoms with E-state index in [1.165, 1.54) is 18.5 Å². The Balaban J connectivity index is 1.37. The maximum absolute atomic E-state index is 14.0. The SMILES string of the molecule is O=C(O)Cn1c(=O)c(=O)[nH]c2cc(C(F)(F)F)c(-n3ccc(CNC(=O)CCCCC(=O)NCCc4cnc[nH]4)c3)cc21. The van der Waals surface area contributed by atoms with E-state index in [1.807, 2.05) is 0 Å². The number of hydrogen-bond acceptors (Lipinski definition) is 6. The Labute approximate surface area is 240 Å². The number of H-pyrrole nitrogens is 2. The third-order valence-electron chi connectivity index (χ3n) is 6.54. The van der Waals surface area contributed by atoms with Crippen LogP contribution in [-0.4, -0.2) is 53.5 Å². The van der Waals surface area contributed by atoms with Gasteiger partial charge in [-0.1, -0.05) is 0 Å². The van der Waals surface area contributed by atoms with E-state index in [2.05, 4.69) is 25.6 Å². The molecule has 2 amide bonds. The quantitative estimate of drug-likeness (QED) is 0.114. The van der Waals surface area contributed by atoms with E-state index in [4.69, 9.17) is 5.11 Å². The van der Waals surface area contributed by atoms with E-state index >= 15 is 0 Å². The number of benzene rings is 1. The summed E-state index contributed by atoms with van der Waals surface area (Å²) in [4.78, 5) is 68.6. The topological polar surface area (TPSA) is 184 Å². The van der Waals surface area contributed by atoms with Crippen molar-refractivity contribution < 1.29 is 32.7 Å². The summed E-state index contributed by atoms with van der Waals surface area (Å²) in [7, 11) is 0. The number of aliphatic carboxylic acids is 1. The Morgan fingerprint density at radius 1 is 1.05 bits per heavy atom. The van der Waals surface area contributed by atoms with E-state index < -0.39 is 41.1 Å². The van der Waals surface area contributed by atoms with Crippen LogP contribution < -0.4 is 21.8 Å². The van der Waals surface area contributed by atoms with Gasteiger partial charge in [-0.2, -0.15) is 13.2 Å². The third-order valence-corrected chi connectivity index (χ3v) is 6.54. The van der Waals surface area contributed by atoms with Gasteiger partial charge in [0.25, 0.3) is 0 Å². The van der Waals surface area contributed by atoms with Crippen LogP contribution in [-0.2, 0) is 40.1 Å². The van der Waals surface area contributed by atoms with Crippen LogP contribution in [0.2, 0.25) is 0 Å². The Bertz CT molecular complexity index is 1740. The van der Waals surface area contributed by atoms with Crippen LogP contribution in [0.25, 0.3) is 16.7 Å². The largest absolute Gasteiger partial charge is 0.480 e. The Morgan fingerprint density at radius 2 is 1.77 bits per heavy atom. The molecule has 3 heterocycles. The Hall–Kier alpha value is -5.15. The van der Waals surface area contributed by atoms with Gasteiger partial charge < -0.3 is 30.3 Å². The molecule has 13 nitrogen and oxygen atoms in total. The molecular weight excluding hydrogens is 575 g/mol. The minimum Gasteiger partial charge on any atom is -0.480 e. The number of carbonyl (C=O) groups is 3. The molecule has 1 aromatic carbocycles. The number of amides is 2. The maximum atomic E-state index is 14.0. The predicted molar refractivity (Wildman–Crippen MR) is 146 cm³/mol. The van der Waals surface area contributed by atoms with Crippen molar-refractivity contribution in [3.8, 4) is 5.69 Å². The number of nitrogens with one attached hydrogen (secondary N) is 4. The lowest BCUT2D eigenvalue weighted by Crippen LogP contribution is -2.38. The first-order chi connectivity index (χ1) is 20.4. The number of aromatic nitrogens is 5. The fraction of sp³-hybridized carbons (Fsp3) is 0.333. The number of unbranched alkanes of at least 4 members (excludes halogenated alkanes) is 1. The van der Waals surface area contributed by atoms with Gasteiger partial charge in [-0.05, 0) is 36.6 Å². The second kappa shape index (κ2) is 13.2. The summed E-state index contributed by atoms with van der Waals surface area (Å²) >= 11 is 0. The molecule has 0 unspecified atom stereocenters. The molecule has 0 saturated heterocycles. The summed E-state index contributed by atoms with van der Waals surface area (Å²) in [5, 5.41) is 14.6. The van der Waals surface area contributed by atoms with Gasteiger partial charge in [-0.25, -0.2) is 4.98 Å². The molecule has 0 spiro atoms. The van der Waals surface area contributed by atoms with Gasteiger partial charge in [0.1, 0.15) is 6.54 Å². The number of carboxylic acid groups (broad SMARTS) is 1. The molecule has 3 aromatic heterocycles. The average Bonchev–Trinajstić information content (AvgIpc) is 3.64. The van der Waals surface area contributed by atoms with Crippen molar-refractivity contribution in [2.75, 3.05) is 6.54 Å². The number of carbonyl (C=O) groups excluding carboxylic acids is 2. The third kappa shape index (κ3) is 7.99. The molecule has 0 aliphatic carbocycles. The van der Waals surface area contributed by atoms with Gasteiger partial charge in [-0.15, -0.1) is 0 Å². The predicted octanol–water partition coefficient (Wildman–Crippen LogP) is 1.84. The highest BCUT2D eigenvalue weighted by molar-refractivity contribution is 5.81. The van der Waals surface area contributed by atoms with Gasteiger partial charge in [0.15, 0.2) is 0 Å². The average molecular weight is 604 g/mol. The molecule has 4 rings (SSSR count). The first kappa shape index (κ1) is 30.8. The Kier molecular flexibility index (Phi) is 9.47. The van der Waals surface area contributed by atoms with E-state index in [-0.39, 0.29) is 42.2 Å². The molecule has 0 fully saturated rings. The summed E-state index contributed by atoms with van der Waals surface area (Å²) in [6, 6.07) is 3.12. The molecule has 228 valence electrons. The van der Waals surface area contributed by atoms with Gasteiger partial charge in [-0.3, -0.25) is 28.5 Å². The summed E-state index contributed by atoms with van der Waals surface area (Å²) in [5.41, 5.74) is -3.19. The minimum atomic E-state index is -4.86. The molecule has 0 saturated carbocycles. The highest BCUT2D eigenvalue weighted by atomic mass is 19.4. The van der Waals surface area contributed by atoms with Crippen molar-refractivity contribution >= 4 is 28.8 Å². The molecule has 4 aromatic rings. The van der Waals surface area contributed by atoms with Gasteiger partial charge in [0, 0.05) is 56.6 Å². The monoisotopic (exact) mass is 603 g/mol. The summed E-state index contributed by atoms with van der Waals surface area (Å²) in [6.07, 6.45) is 3.07. The molecule has 0 aliphatic heterocycles. The van der Waals surface area contributed by atoms with Crippen LogP contribution in [0.1, 0.15) is 42.5 Å². The van der Waals surface area contributed by atoms with Crippen LogP contribution in [0.3, 0.4) is 0 Å². The molecule has 5 N–H and O–H groups in total. The lowest BCUT2D eigenvalue weighted by atomic mass is 10.1. The standard InChI is InChI=1S/C27H28F3N7O6/c28-27(29,30)18-9-19-21(37(14-24(40)41)26(43)25(42)35-19)10-20(18)36-8-6-16(13-36)11-33-23(39)4-2-1-3-22(38)32-7-5-17-12-31-15-34-17/h6,8-10,12-13,15H,1-5,7,11,14H2,(H,31,34)(H,32,38)(H,33,39)(H,35,42)(H,40,41). The van der Waals surface area contributed by atoms with E-state index in [0.717, 1.165) is 16.3 Å². The minimum absolute atomic E-state index is 0.0197. The molecule has 0 radical (unpaired) electrons. The van der Waals surface area contributed by atoms with Crippen molar-refractivity contribution in [2.24, 2.45) is 0 Å². The zero-order valence-electron chi connectivity index (χ0n) is 22.7. The van der Waals surface area contributed by atoms with Crippen LogP contribution in [0.5, 0.6) is 0 Å². The van der Waals surface area contributed by atoms with Gasteiger partial charge >= 0.3 is 23.3 Å². The number of aromatic amines is 2. The normalized spacial score (nSPS) is 11.5. The number of nitrogens with zero attached hydrogens (tertiary/aromatic N) is 3. The number of imidazole rings is 1. The fourth-order valence-electron chi connectivity index (χ4n) is 4.44. The van der Waals surface area contributed by atoms with Crippen molar-refractivity contribution in [3.63, 3.8) is 0 Å². The van der Waals surface area contributed by atoms with Gasteiger partial charge in [0.05, 0.1) is 28.6 Å². The van der Waals surface area contributed by atoms with E-state index in [9.17, 15) is 37.1 Å². The molecule has 0 aliphatic rings. The molecule has 0 atom stereocenters. The zero-order chi connectivity index (χ0) is 31.1. The smallest absolute Gasteiger partial charge is 0.418 e. The lowest BCUT2D eigenvalue weighted by molar-refractivity contribution is -0.138. The number of carboxylic acids is 1. The van der Waals surface area contributed by atoms with Crippen molar-refractivity contribution in [2.45, 2.75) is 51.4 Å². The number of hydrogen-bond donors (Lipinski definition) is 5. The van der Waals surface area contributed by atoms with Crippen LogP contribution in [0, 0.1) is 0 Å². The van der Waals surface area contributed by atoms with Crippen LogP contribution >= 0.6 is 0 Å². The molecular formula is C27H28F3N7O6. The number of halogens is 3. The fourth-order valence-corrected chi connectivity index (χ4v) is 4.44. The summed E-state index contributed by atoms with van der Waals surface area (Å²) in [6.45, 7) is -0.443. The van der Waals surface area contributed by atoms with Crippen molar-refractivity contribution in [1.82, 2.24) is 34.7 Å². The van der Waals surface area contributed by atoms with Crippen molar-refractivity contribution in [3.05, 3.63) is 80.6 Å². The second-order valence-electron chi connectivity index (χ2n) is 9.71.